The maximum absolute atomic E-state index is 3.71. The van der Waals surface area contributed by atoms with Crippen LogP contribution in [0.4, 0.5) is 0 Å². The Balaban J connectivity index is 1.75. The first-order valence-corrected chi connectivity index (χ1v) is 7.52. The van der Waals surface area contributed by atoms with E-state index in [9.17, 15) is 0 Å². The van der Waals surface area contributed by atoms with Crippen molar-refractivity contribution in [3.63, 3.8) is 0 Å². The van der Waals surface area contributed by atoms with Gasteiger partial charge in [0.05, 0.1) is 0 Å². The molecular weight excluding hydrogens is 228 g/mol. The first-order chi connectivity index (χ1) is 8.19. The van der Waals surface area contributed by atoms with Crippen LogP contribution in [-0.4, -0.2) is 30.6 Å². The molecule has 1 saturated heterocycles. The first-order valence-electron chi connectivity index (χ1n) is 6.70. The minimum absolute atomic E-state index is 0.723. The molecule has 2 nitrogen and oxygen atoms in total. The Kier molecular flexibility index (Phi) is 4.60. The van der Waals surface area contributed by atoms with E-state index in [4.69, 9.17) is 0 Å². The SMILES string of the molecule is CCN1CCC(NCc2cc(C)c(C)s2)CC1. The quantitative estimate of drug-likeness (QED) is 0.886. The van der Waals surface area contributed by atoms with Crippen LogP contribution < -0.4 is 5.32 Å². The van der Waals surface area contributed by atoms with Crippen LogP contribution >= 0.6 is 11.3 Å². The van der Waals surface area contributed by atoms with Gasteiger partial charge in [-0.1, -0.05) is 6.92 Å². The molecule has 1 aliphatic heterocycles. The molecule has 1 N–H and O–H groups in total. The molecule has 1 aromatic rings. The molecule has 2 heterocycles. The minimum Gasteiger partial charge on any atom is -0.309 e. The lowest BCUT2D eigenvalue weighted by molar-refractivity contribution is 0.206. The number of nitrogens with one attached hydrogen (secondary N) is 1. The summed E-state index contributed by atoms with van der Waals surface area (Å²) in [7, 11) is 0. The van der Waals surface area contributed by atoms with E-state index >= 15 is 0 Å². The second kappa shape index (κ2) is 5.98. The molecule has 0 aliphatic carbocycles. The number of rotatable bonds is 4. The van der Waals surface area contributed by atoms with E-state index in [0.717, 1.165) is 12.6 Å². The highest BCUT2D eigenvalue weighted by molar-refractivity contribution is 7.12. The molecule has 0 amide bonds. The highest BCUT2D eigenvalue weighted by Crippen LogP contribution is 2.21. The predicted molar refractivity (Wildman–Crippen MR) is 75.8 cm³/mol. The minimum atomic E-state index is 0.723. The lowest BCUT2D eigenvalue weighted by Crippen LogP contribution is -2.41. The van der Waals surface area contributed by atoms with E-state index in [1.807, 2.05) is 11.3 Å². The van der Waals surface area contributed by atoms with Gasteiger partial charge in [0, 0.05) is 22.3 Å². The molecule has 0 saturated carbocycles. The molecule has 1 aliphatic rings. The highest BCUT2D eigenvalue weighted by atomic mass is 32.1. The summed E-state index contributed by atoms with van der Waals surface area (Å²) < 4.78 is 0. The summed E-state index contributed by atoms with van der Waals surface area (Å²) >= 11 is 1.94. The Labute approximate surface area is 109 Å². The van der Waals surface area contributed by atoms with Gasteiger partial charge in [0.25, 0.3) is 0 Å². The molecule has 0 unspecified atom stereocenters. The summed E-state index contributed by atoms with van der Waals surface area (Å²) in [5, 5.41) is 3.71. The number of thiophene rings is 1. The zero-order chi connectivity index (χ0) is 12.3. The van der Waals surface area contributed by atoms with Gasteiger partial charge in [-0.05, 0) is 58.0 Å². The Hall–Kier alpha value is -0.380. The second-order valence-electron chi connectivity index (χ2n) is 5.04. The third-order valence-electron chi connectivity index (χ3n) is 3.82. The zero-order valence-corrected chi connectivity index (χ0v) is 12.1. The summed E-state index contributed by atoms with van der Waals surface area (Å²) in [5.74, 6) is 0. The van der Waals surface area contributed by atoms with Crippen molar-refractivity contribution in [3.05, 3.63) is 21.4 Å². The van der Waals surface area contributed by atoms with Crippen molar-refractivity contribution in [2.45, 2.75) is 46.2 Å². The van der Waals surface area contributed by atoms with Crippen molar-refractivity contribution in [3.8, 4) is 0 Å². The van der Waals surface area contributed by atoms with Gasteiger partial charge < -0.3 is 10.2 Å². The molecule has 0 aromatic carbocycles. The average molecular weight is 252 g/mol. The molecule has 2 rings (SSSR count). The topological polar surface area (TPSA) is 15.3 Å². The fourth-order valence-electron chi connectivity index (χ4n) is 2.44. The van der Waals surface area contributed by atoms with Crippen LogP contribution in [0.3, 0.4) is 0 Å². The number of piperidine rings is 1. The summed E-state index contributed by atoms with van der Waals surface area (Å²) in [6.45, 7) is 11.4. The van der Waals surface area contributed by atoms with E-state index in [1.165, 1.54) is 47.8 Å². The highest BCUT2D eigenvalue weighted by Gasteiger charge is 2.17. The molecule has 0 bridgehead atoms. The number of hydrogen-bond acceptors (Lipinski definition) is 3. The lowest BCUT2D eigenvalue weighted by atomic mass is 10.1. The van der Waals surface area contributed by atoms with Crippen LogP contribution in [0, 0.1) is 13.8 Å². The van der Waals surface area contributed by atoms with Crippen molar-refractivity contribution >= 4 is 11.3 Å². The van der Waals surface area contributed by atoms with Gasteiger partial charge in [-0.15, -0.1) is 11.3 Å². The molecular formula is C14H24N2S. The van der Waals surface area contributed by atoms with Gasteiger partial charge in [0.2, 0.25) is 0 Å². The molecule has 17 heavy (non-hydrogen) atoms. The second-order valence-corrected chi connectivity index (χ2v) is 6.38. The average Bonchev–Trinajstić information content (AvgIpc) is 2.67. The Bertz CT molecular complexity index is 332. The van der Waals surface area contributed by atoms with Crippen LogP contribution in [0.15, 0.2) is 6.07 Å². The Morgan fingerprint density at radius 3 is 2.59 bits per heavy atom. The Morgan fingerprint density at radius 1 is 1.35 bits per heavy atom. The third kappa shape index (κ3) is 3.54. The van der Waals surface area contributed by atoms with E-state index in [1.54, 1.807) is 0 Å². The fourth-order valence-corrected chi connectivity index (χ4v) is 3.44. The maximum Gasteiger partial charge on any atom is 0.0302 e. The van der Waals surface area contributed by atoms with E-state index < -0.39 is 0 Å². The third-order valence-corrected chi connectivity index (χ3v) is 4.97. The van der Waals surface area contributed by atoms with Crippen molar-refractivity contribution in [1.29, 1.82) is 0 Å². The smallest absolute Gasteiger partial charge is 0.0302 e. The monoisotopic (exact) mass is 252 g/mol. The van der Waals surface area contributed by atoms with Crippen LogP contribution in [0.25, 0.3) is 0 Å². The molecule has 96 valence electrons. The van der Waals surface area contributed by atoms with Gasteiger partial charge in [-0.3, -0.25) is 0 Å². The summed E-state index contributed by atoms with van der Waals surface area (Å²) in [6, 6.07) is 3.05. The van der Waals surface area contributed by atoms with Gasteiger partial charge >= 0.3 is 0 Å². The predicted octanol–water partition coefficient (Wildman–Crippen LogP) is 2.94. The van der Waals surface area contributed by atoms with Crippen LogP contribution in [-0.2, 0) is 6.54 Å². The fraction of sp³-hybridized carbons (Fsp3) is 0.714. The van der Waals surface area contributed by atoms with E-state index in [2.05, 4.69) is 37.1 Å². The molecule has 1 aromatic heterocycles. The van der Waals surface area contributed by atoms with Crippen molar-refractivity contribution < 1.29 is 0 Å². The van der Waals surface area contributed by atoms with Crippen LogP contribution in [0.1, 0.15) is 35.1 Å². The standard InChI is InChI=1S/C14H24N2S/c1-4-16-7-5-13(6-8-16)15-10-14-9-11(2)12(3)17-14/h9,13,15H,4-8,10H2,1-3H3. The van der Waals surface area contributed by atoms with Gasteiger partial charge in [0.1, 0.15) is 0 Å². The van der Waals surface area contributed by atoms with Crippen molar-refractivity contribution in [1.82, 2.24) is 10.2 Å². The number of hydrogen-bond donors (Lipinski definition) is 1. The summed E-state index contributed by atoms with van der Waals surface area (Å²) in [6.07, 6.45) is 2.61. The molecule has 0 spiro atoms. The number of aryl methyl sites for hydroxylation is 2. The van der Waals surface area contributed by atoms with Crippen molar-refractivity contribution in [2.75, 3.05) is 19.6 Å². The lowest BCUT2D eigenvalue weighted by Gasteiger charge is -2.31. The largest absolute Gasteiger partial charge is 0.309 e. The Morgan fingerprint density at radius 2 is 2.06 bits per heavy atom. The number of likely N-dealkylation sites (tertiary alicyclic amines) is 1. The van der Waals surface area contributed by atoms with Crippen LogP contribution in [0.2, 0.25) is 0 Å². The van der Waals surface area contributed by atoms with Crippen molar-refractivity contribution in [2.24, 2.45) is 0 Å². The summed E-state index contributed by atoms with van der Waals surface area (Å²) in [4.78, 5) is 5.48. The van der Waals surface area contributed by atoms with Gasteiger partial charge in [-0.2, -0.15) is 0 Å². The van der Waals surface area contributed by atoms with Gasteiger partial charge in [0.15, 0.2) is 0 Å². The van der Waals surface area contributed by atoms with Gasteiger partial charge in [-0.25, -0.2) is 0 Å². The first kappa shape index (κ1) is 13.1. The maximum atomic E-state index is 3.71. The van der Waals surface area contributed by atoms with Crippen LogP contribution in [0.5, 0.6) is 0 Å². The molecule has 0 radical (unpaired) electrons. The molecule has 1 fully saturated rings. The molecule has 0 atom stereocenters. The van der Waals surface area contributed by atoms with E-state index in [0.29, 0.717) is 0 Å². The normalized spacial score (nSPS) is 18.8. The molecule has 3 heteroatoms. The zero-order valence-electron chi connectivity index (χ0n) is 11.3. The summed E-state index contributed by atoms with van der Waals surface area (Å²) in [5.41, 5.74) is 1.44. The number of nitrogens with zero attached hydrogens (tertiary/aromatic N) is 1. The van der Waals surface area contributed by atoms with E-state index in [-0.39, 0.29) is 0 Å².